The van der Waals surface area contributed by atoms with Crippen molar-refractivity contribution in [3.05, 3.63) is 28.8 Å². The Hall–Kier alpha value is -1.44. The molecular formula is C13H19NO5S. The molecule has 3 N–H and O–H groups in total. The Morgan fingerprint density at radius 3 is 2.45 bits per heavy atom. The van der Waals surface area contributed by atoms with Crippen molar-refractivity contribution in [2.45, 2.75) is 25.7 Å². The van der Waals surface area contributed by atoms with Gasteiger partial charge < -0.3 is 10.2 Å². The van der Waals surface area contributed by atoms with Crippen molar-refractivity contribution in [3.8, 4) is 0 Å². The zero-order valence-corrected chi connectivity index (χ0v) is 12.5. The second-order valence-corrected chi connectivity index (χ2v) is 6.60. The van der Waals surface area contributed by atoms with Gasteiger partial charge in [0.05, 0.1) is 10.5 Å². The van der Waals surface area contributed by atoms with Gasteiger partial charge in [-0.25, -0.2) is 17.9 Å². The molecular weight excluding hydrogens is 282 g/mol. The zero-order valence-electron chi connectivity index (χ0n) is 11.7. The van der Waals surface area contributed by atoms with Crippen molar-refractivity contribution in [3.63, 3.8) is 0 Å². The second-order valence-electron chi connectivity index (χ2n) is 4.86. The lowest BCUT2D eigenvalue weighted by atomic mass is 10.1. The normalized spacial score (nSPS) is 13.2. The van der Waals surface area contributed by atoms with Crippen LogP contribution in [-0.2, 0) is 10.0 Å². The van der Waals surface area contributed by atoms with Gasteiger partial charge in [-0.05, 0) is 43.0 Å². The van der Waals surface area contributed by atoms with Crippen LogP contribution in [0.3, 0.4) is 0 Å². The van der Waals surface area contributed by atoms with Crippen molar-refractivity contribution in [2.75, 3.05) is 13.2 Å². The lowest BCUT2D eigenvalue weighted by Crippen LogP contribution is -2.30. The van der Waals surface area contributed by atoms with Crippen LogP contribution < -0.4 is 4.72 Å². The maximum atomic E-state index is 12.2. The van der Waals surface area contributed by atoms with Crippen LogP contribution in [0.1, 0.15) is 28.4 Å². The summed E-state index contributed by atoms with van der Waals surface area (Å²) in [4.78, 5) is 11.0. The largest absolute Gasteiger partial charge is 0.478 e. The summed E-state index contributed by atoms with van der Waals surface area (Å²) < 4.78 is 26.8. The Kier molecular flexibility index (Phi) is 5.27. The van der Waals surface area contributed by atoms with Crippen LogP contribution in [0.25, 0.3) is 0 Å². The Labute approximate surface area is 118 Å². The number of hydrogen-bond acceptors (Lipinski definition) is 4. The number of aliphatic hydroxyl groups is 1. The van der Waals surface area contributed by atoms with Gasteiger partial charge in [-0.3, -0.25) is 0 Å². The minimum Gasteiger partial charge on any atom is -0.478 e. The molecule has 0 saturated carbocycles. The maximum absolute atomic E-state index is 12.2. The van der Waals surface area contributed by atoms with Crippen LogP contribution in [-0.4, -0.2) is 37.8 Å². The first-order chi connectivity index (χ1) is 9.19. The molecule has 0 aromatic heterocycles. The average molecular weight is 301 g/mol. The van der Waals surface area contributed by atoms with Gasteiger partial charge in [0.15, 0.2) is 0 Å². The van der Waals surface area contributed by atoms with E-state index in [1.165, 1.54) is 6.07 Å². The van der Waals surface area contributed by atoms with Crippen molar-refractivity contribution in [1.82, 2.24) is 4.72 Å². The summed E-state index contributed by atoms with van der Waals surface area (Å²) in [5.74, 6) is -1.39. The van der Waals surface area contributed by atoms with Crippen LogP contribution in [0.15, 0.2) is 17.0 Å². The van der Waals surface area contributed by atoms with Gasteiger partial charge in [-0.15, -0.1) is 0 Å². The first kappa shape index (κ1) is 16.6. The maximum Gasteiger partial charge on any atom is 0.335 e. The molecule has 0 heterocycles. The van der Waals surface area contributed by atoms with E-state index in [0.717, 1.165) is 6.07 Å². The van der Waals surface area contributed by atoms with Gasteiger partial charge in [0.25, 0.3) is 0 Å². The molecule has 7 heteroatoms. The Balaban J connectivity index is 3.20. The van der Waals surface area contributed by atoms with E-state index in [9.17, 15) is 13.2 Å². The lowest BCUT2D eigenvalue weighted by molar-refractivity contribution is 0.0696. The molecule has 0 spiro atoms. The third-order valence-electron chi connectivity index (χ3n) is 3.09. The van der Waals surface area contributed by atoms with Crippen LogP contribution in [0.2, 0.25) is 0 Å². The Morgan fingerprint density at radius 2 is 1.95 bits per heavy atom. The monoisotopic (exact) mass is 301 g/mol. The van der Waals surface area contributed by atoms with E-state index in [4.69, 9.17) is 10.2 Å². The number of carboxylic acids is 1. The molecule has 1 atom stereocenters. The highest BCUT2D eigenvalue weighted by Gasteiger charge is 2.21. The Morgan fingerprint density at radius 1 is 1.35 bits per heavy atom. The highest BCUT2D eigenvalue weighted by Crippen LogP contribution is 2.21. The molecule has 0 bridgehead atoms. The van der Waals surface area contributed by atoms with E-state index in [0.29, 0.717) is 11.1 Å². The fourth-order valence-corrected chi connectivity index (χ4v) is 3.13. The number of aryl methyl sites for hydroxylation is 1. The molecule has 6 nitrogen and oxygen atoms in total. The molecule has 1 aromatic carbocycles. The molecule has 0 aliphatic heterocycles. The van der Waals surface area contributed by atoms with E-state index < -0.39 is 16.0 Å². The van der Waals surface area contributed by atoms with Gasteiger partial charge >= 0.3 is 5.97 Å². The summed E-state index contributed by atoms with van der Waals surface area (Å²) >= 11 is 0. The average Bonchev–Trinajstić information content (AvgIpc) is 2.38. The zero-order chi connectivity index (χ0) is 15.5. The standard InChI is InChI=1S/C13H19NO5S/c1-8(7-15)6-14-20(18,19)12-5-11(13(16)17)4-9(2)10(12)3/h4-5,8,14-15H,6-7H2,1-3H3,(H,16,17). The number of sulfonamides is 1. The first-order valence-electron chi connectivity index (χ1n) is 6.14. The first-order valence-corrected chi connectivity index (χ1v) is 7.62. The molecule has 0 saturated heterocycles. The van der Waals surface area contributed by atoms with E-state index >= 15 is 0 Å². The van der Waals surface area contributed by atoms with Crippen LogP contribution in [0.4, 0.5) is 0 Å². The summed E-state index contributed by atoms with van der Waals surface area (Å²) in [6.07, 6.45) is 0. The van der Waals surface area contributed by atoms with Gasteiger partial charge in [0.2, 0.25) is 10.0 Å². The molecule has 1 aromatic rings. The summed E-state index contributed by atoms with van der Waals surface area (Å²) in [5, 5.41) is 17.9. The predicted molar refractivity (Wildman–Crippen MR) is 74.3 cm³/mol. The van der Waals surface area contributed by atoms with Crippen LogP contribution in [0.5, 0.6) is 0 Å². The van der Waals surface area contributed by atoms with Crippen molar-refractivity contribution < 1.29 is 23.4 Å². The molecule has 0 amide bonds. The highest BCUT2D eigenvalue weighted by atomic mass is 32.2. The minimum atomic E-state index is -3.80. The van der Waals surface area contributed by atoms with Crippen molar-refractivity contribution in [1.29, 1.82) is 0 Å². The van der Waals surface area contributed by atoms with Gasteiger partial charge in [0, 0.05) is 13.2 Å². The van der Waals surface area contributed by atoms with E-state index in [1.54, 1.807) is 20.8 Å². The predicted octanol–water partition coefficient (Wildman–Crippen LogP) is 0.908. The molecule has 1 rings (SSSR count). The smallest absolute Gasteiger partial charge is 0.335 e. The topological polar surface area (TPSA) is 104 Å². The van der Waals surface area contributed by atoms with Crippen LogP contribution >= 0.6 is 0 Å². The third kappa shape index (κ3) is 3.78. The number of nitrogens with one attached hydrogen (secondary N) is 1. The summed E-state index contributed by atoms with van der Waals surface area (Å²) in [6.45, 7) is 4.96. The van der Waals surface area contributed by atoms with Crippen molar-refractivity contribution >= 4 is 16.0 Å². The number of carboxylic acid groups (broad SMARTS) is 1. The van der Waals surface area contributed by atoms with Gasteiger partial charge in [-0.2, -0.15) is 0 Å². The number of rotatable bonds is 6. The number of hydrogen-bond donors (Lipinski definition) is 3. The van der Waals surface area contributed by atoms with Crippen molar-refractivity contribution in [2.24, 2.45) is 5.92 Å². The number of carbonyl (C=O) groups is 1. The number of benzene rings is 1. The Bertz CT molecular complexity index is 609. The molecule has 20 heavy (non-hydrogen) atoms. The molecule has 0 aliphatic rings. The van der Waals surface area contributed by atoms with Gasteiger partial charge in [-0.1, -0.05) is 6.92 Å². The fourth-order valence-electron chi connectivity index (χ4n) is 1.62. The van der Waals surface area contributed by atoms with E-state index in [1.807, 2.05) is 0 Å². The fraction of sp³-hybridized carbons (Fsp3) is 0.462. The lowest BCUT2D eigenvalue weighted by Gasteiger charge is -2.14. The van der Waals surface area contributed by atoms with E-state index in [2.05, 4.69) is 4.72 Å². The van der Waals surface area contributed by atoms with E-state index in [-0.39, 0.29) is 29.5 Å². The SMILES string of the molecule is Cc1cc(C(=O)O)cc(S(=O)(=O)NCC(C)CO)c1C. The molecule has 0 fully saturated rings. The second kappa shape index (κ2) is 6.34. The molecule has 0 aliphatic carbocycles. The number of aromatic carboxylic acids is 1. The highest BCUT2D eigenvalue weighted by molar-refractivity contribution is 7.89. The number of aliphatic hydroxyl groups excluding tert-OH is 1. The molecule has 1 unspecified atom stereocenters. The quantitative estimate of drug-likeness (QED) is 0.724. The third-order valence-corrected chi connectivity index (χ3v) is 4.64. The van der Waals surface area contributed by atoms with Gasteiger partial charge in [0.1, 0.15) is 0 Å². The summed E-state index contributed by atoms with van der Waals surface area (Å²) in [6, 6.07) is 2.59. The molecule has 0 radical (unpaired) electrons. The minimum absolute atomic E-state index is 0.0416. The van der Waals surface area contributed by atoms with Crippen LogP contribution in [0, 0.1) is 19.8 Å². The summed E-state index contributed by atoms with van der Waals surface area (Å²) in [5.41, 5.74) is 1.04. The molecule has 112 valence electrons. The summed E-state index contributed by atoms with van der Waals surface area (Å²) in [7, 11) is -3.80.